The molecule has 6 nitrogen and oxygen atoms in total. The van der Waals surface area contributed by atoms with Crippen LogP contribution >= 0.6 is 0 Å². The highest BCUT2D eigenvalue weighted by Crippen LogP contribution is 2.22. The molecular formula is C12H19N3O3S. The molecule has 1 unspecified atom stereocenters. The third kappa shape index (κ3) is 5.71. The quantitative estimate of drug-likeness (QED) is 0.725. The third-order valence-corrected chi connectivity index (χ3v) is 3.02. The normalized spacial score (nSPS) is 12.8. The van der Waals surface area contributed by atoms with E-state index in [9.17, 15) is 13.2 Å². The van der Waals surface area contributed by atoms with Crippen LogP contribution in [0.2, 0.25) is 0 Å². The van der Waals surface area contributed by atoms with Crippen LogP contribution in [0.3, 0.4) is 0 Å². The summed E-state index contributed by atoms with van der Waals surface area (Å²) in [6.45, 7) is 2.30. The molecule has 0 aromatic heterocycles. The second-order valence-electron chi connectivity index (χ2n) is 4.51. The van der Waals surface area contributed by atoms with Gasteiger partial charge in [-0.2, -0.15) is 0 Å². The van der Waals surface area contributed by atoms with Crippen LogP contribution < -0.4 is 15.8 Å². The van der Waals surface area contributed by atoms with Crippen molar-refractivity contribution in [2.75, 3.05) is 22.8 Å². The maximum absolute atomic E-state index is 11.8. The van der Waals surface area contributed by atoms with Crippen LogP contribution in [0.1, 0.15) is 13.3 Å². The first-order valence-electron chi connectivity index (χ1n) is 5.88. The summed E-state index contributed by atoms with van der Waals surface area (Å²) in [6.07, 6.45) is 1.35. The first-order valence-corrected chi connectivity index (χ1v) is 7.77. The first-order chi connectivity index (χ1) is 8.81. The largest absolute Gasteiger partial charge is 0.330 e. The smallest absolute Gasteiger partial charge is 0.229 e. The molecule has 7 heteroatoms. The van der Waals surface area contributed by atoms with Gasteiger partial charge in [-0.05, 0) is 24.6 Å². The number of amides is 1. The Bertz CT molecular complexity index is 543. The standard InChI is InChI=1S/C12H19N3O3S/c1-9(8-13)7-12(16)14-10-5-3-4-6-11(10)15-19(2,17)18/h3-6,9,15H,7-8,13H2,1-2H3,(H,14,16). The number of anilines is 2. The zero-order valence-corrected chi connectivity index (χ0v) is 11.8. The number of sulfonamides is 1. The van der Waals surface area contributed by atoms with Gasteiger partial charge in [0, 0.05) is 6.42 Å². The van der Waals surface area contributed by atoms with Crippen LogP contribution in [0.15, 0.2) is 24.3 Å². The number of para-hydroxylation sites is 2. The lowest BCUT2D eigenvalue weighted by Gasteiger charge is -2.13. The topological polar surface area (TPSA) is 101 Å². The minimum atomic E-state index is -3.38. The van der Waals surface area contributed by atoms with Gasteiger partial charge in [0.2, 0.25) is 15.9 Å². The molecule has 0 radical (unpaired) electrons. The molecule has 0 saturated carbocycles. The van der Waals surface area contributed by atoms with Crippen LogP contribution in [0.4, 0.5) is 11.4 Å². The number of carbonyl (C=O) groups excluding carboxylic acids is 1. The highest BCUT2D eigenvalue weighted by Gasteiger charge is 2.11. The van der Waals surface area contributed by atoms with Gasteiger partial charge in [0.25, 0.3) is 0 Å². The predicted molar refractivity (Wildman–Crippen MR) is 76.4 cm³/mol. The average Bonchev–Trinajstić information content (AvgIpc) is 2.29. The Kier molecular flexibility index (Phi) is 5.31. The molecule has 0 aliphatic rings. The fourth-order valence-corrected chi connectivity index (χ4v) is 2.06. The van der Waals surface area contributed by atoms with Gasteiger partial charge in [0.15, 0.2) is 0 Å². The summed E-state index contributed by atoms with van der Waals surface area (Å²) in [7, 11) is -3.38. The van der Waals surface area contributed by atoms with Gasteiger partial charge in [0.05, 0.1) is 17.6 Å². The number of nitrogens with two attached hydrogens (primary N) is 1. The van der Waals surface area contributed by atoms with Crippen LogP contribution in [0, 0.1) is 5.92 Å². The number of nitrogens with one attached hydrogen (secondary N) is 2. The zero-order chi connectivity index (χ0) is 14.5. The van der Waals surface area contributed by atoms with E-state index < -0.39 is 10.0 Å². The molecule has 1 atom stereocenters. The molecule has 4 N–H and O–H groups in total. The highest BCUT2D eigenvalue weighted by molar-refractivity contribution is 7.92. The average molecular weight is 285 g/mol. The lowest BCUT2D eigenvalue weighted by Crippen LogP contribution is -2.21. The minimum Gasteiger partial charge on any atom is -0.330 e. The van der Waals surface area contributed by atoms with E-state index in [2.05, 4.69) is 10.0 Å². The van der Waals surface area contributed by atoms with Crippen molar-refractivity contribution in [1.82, 2.24) is 0 Å². The molecule has 0 saturated heterocycles. The van der Waals surface area contributed by atoms with Gasteiger partial charge in [0.1, 0.15) is 0 Å². The fourth-order valence-electron chi connectivity index (χ4n) is 1.48. The van der Waals surface area contributed by atoms with E-state index in [0.29, 0.717) is 24.3 Å². The Balaban J connectivity index is 2.81. The summed E-state index contributed by atoms with van der Waals surface area (Å²) in [5, 5.41) is 2.68. The van der Waals surface area contributed by atoms with Crippen molar-refractivity contribution in [2.24, 2.45) is 11.7 Å². The number of carbonyl (C=O) groups is 1. The molecule has 1 aromatic carbocycles. The molecule has 1 amide bonds. The van der Waals surface area contributed by atoms with Crippen LogP contribution in [-0.4, -0.2) is 27.1 Å². The van der Waals surface area contributed by atoms with Gasteiger partial charge < -0.3 is 11.1 Å². The fraction of sp³-hybridized carbons (Fsp3) is 0.417. The van der Waals surface area contributed by atoms with Crippen molar-refractivity contribution in [3.05, 3.63) is 24.3 Å². The number of benzene rings is 1. The van der Waals surface area contributed by atoms with E-state index in [1.807, 2.05) is 6.92 Å². The monoisotopic (exact) mass is 285 g/mol. The number of rotatable bonds is 6. The zero-order valence-electron chi connectivity index (χ0n) is 11.0. The molecule has 0 aliphatic carbocycles. The van der Waals surface area contributed by atoms with Crippen molar-refractivity contribution in [3.63, 3.8) is 0 Å². The summed E-state index contributed by atoms with van der Waals surface area (Å²) in [4.78, 5) is 11.8. The Morgan fingerprint density at radius 3 is 2.42 bits per heavy atom. The van der Waals surface area contributed by atoms with Crippen molar-refractivity contribution in [2.45, 2.75) is 13.3 Å². The summed E-state index contributed by atoms with van der Waals surface area (Å²) in [5.74, 6) is -0.115. The van der Waals surface area contributed by atoms with E-state index in [1.165, 1.54) is 0 Å². The van der Waals surface area contributed by atoms with Crippen molar-refractivity contribution in [1.29, 1.82) is 0 Å². The van der Waals surface area contributed by atoms with E-state index >= 15 is 0 Å². The molecule has 19 heavy (non-hydrogen) atoms. The molecule has 0 bridgehead atoms. The Morgan fingerprint density at radius 1 is 1.32 bits per heavy atom. The summed E-state index contributed by atoms with van der Waals surface area (Å²) >= 11 is 0. The maximum atomic E-state index is 11.8. The van der Waals surface area contributed by atoms with E-state index in [-0.39, 0.29) is 11.8 Å². The molecule has 1 aromatic rings. The van der Waals surface area contributed by atoms with Gasteiger partial charge in [-0.25, -0.2) is 8.42 Å². The van der Waals surface area contributed by atoms with Crippen LogP contribution in [-0.2, 0) is 14.8 Å². The van der Waals surface area contributed by atoms with E-state index in [1.54, 1.807) is 24.3 Å². The Labute approximate surface area is 113 Å². The van der Waals surface area contributed by atoms with Gasteiger partial charge in [-0.3, -0.25) is 9.52 Å². The highest BCUT2D eigenvalue weighted by atomic mass is 32.2. The van der Waals surface area contributed by atoms with Crippen molar-refractivity contribution >= 4 is 27.3 Å². The second-order valence-corrected chi connectivity index (χ2v) is 6.26. The van der Waals surface area contributed by atoms with Crippen LogP contribution in [0.25, 0.3) is 0 Å². The summed E-state index contributed by atoms with van der Waals surface area (Å²) in [5.41, 5.74) is 6.23. The molecule has 0 fully saturated rings. The van der Waals surface area contributed by atoms with Crippen molar-refractivity contribution < 1.29 is 13.2 Å². The molecule has 0 aliphatic heterocycles. The van der Waals surface area contributed by atoms with Crippen molar-refractivity contribution in [3.8, 4) is 0 Å². The molecule has 1 rings (SSSR count). The first kappa shape index (κ1) is 15.5. The summed E-state index contributed by atoms with van der Waals surface area (Å²) < 4.78 is 24.8. The molecule has 0 spiro atoms. The lowest BCUT2D eigenvalue weighted by atomic mass is 10.1. The number of hydrogen-bond acceptors (Lipinski definition) is 4. The maximum Gasteiger partial charge on any atom is 0.229 e. The SMILES string of the molecule is CC(CN)CC(=O)Nc1ccccc1NS(C)(=O)=O. The predicted octanol–water partition coefficient (Wildman–Crippen LogP) is 0.981. The van der Waals surface area contributed by atoms with Gasteiger partial charge in [-0.15, -0.1) is 0 Å². The molecule has 106 valence electrons. The molecular weight excluding hydrogens is 266 g/mol. The van der Waals surface area contributed by atoms with Gasteiger partial charge in [-0.1, -0.05) is 19.1 Å². The van der Waals surface area contributed by atoms with Crippen LogP contribution in [0.5, 0.6) is 0 Å². The van der Waals surface area contributed by atoms with Gasteiger partial charge >= 0.3 is 0 Å². The lowest BCUT2D eigenvalue weighted by molar-refractivity contribution is -0.116. The Morgan fingerprint density at radius 2 is 1.89 bits per heavy atom. The molecule has 0 heterocycles. The second kappa shape index (κ2) is 6.53. The number of hydrogen-bond donors (Lipinski definition) is 3. The van der Waals surface area contributed by atoms with E-state index in [4.69, 9.17) is 5.73 Å². The minimum absolute atomic E-state index is 0.0787. The summed E-state index contributed by atoms with van der Waals surface area (Å²) in [6, 6.07) is 6.63. The third-order valence-electron chi connectivity index (χ3n) is 2.43. The van der Waals surface area contributed by atoms with E-state index in [0.717, 1.165) is 6.26 Å². The Hall–Kier alpha value is -1.60.